The summed E-state index contributed by atoms with van der Waals surface area (Å²) in [5.41, 5.74) is -7.90. The third-order valence-corrected chi connectivity index (χ3v) is 14.2. The van der Waals surface area contributed by atoms with Crippen LogP contribution in [0.5, 0.6) is 0 Å². The molecule has 0 unspecified atom stereocenters. The number of amides is 1. The zero-order chi connectivity index (χ0) is 32.5. The van der Waals surface area contributed by atoms with Crippen molar-refractivity contribution >= 4 is 36.7 Å². The highest BCUT2D eigenvalue weighted by Crippen LogP contribution is 2.57. The van der Waals surface area contributed by atoms with Crippen molar-refractivity contribution < 1.29 is 56.8 Å². The van der Waals surface area contributed by atoms with E-state index in [2.05, 4.69) is 0 Å². The van der Waals surface area contributed by atoms with Gasteiger partial charge in [0.1, 0.15) is 20.4 Å². The molecule has 0 spiro atoms. The van der Waals surface area contributed by atoms with E-state index in [1.165, 1.54) is 4.90 Å². The summed E-state index contributed by atoms with van der Waals surface area (Å²) in [4.78, 5) is 14.4. The molecule has 1 amide bonds. The van der Waals surface area contributed by atoms with Gasteiger partial charge in [0.2, 0.25) is 0 Å². The number of alkyl halides is 7. The van der Waals surface area contributed by atoms with Gasteiger partial charge in [0.25, 0.3) is 5.24 Å². The van der Waals surface area contributed by atoms with E-state index in [1.807, 2.05) is 0 Å². The van der Waals surface area contributed by atoms with Crippen LogP contribution in [0.3, 0.4) is 0 Å². The summed E-state index contributed by atoms with van der Waals surface area (Å²) < 4.78 is 160. The molecule has 5 rings (SSSR count). The van der Waals surface area contributed by atoms with Gasteiger partial charge in [0.15, 0.2) is 9.84 Å². The predicted octanol–water partition coefficient (Wildman–Crippen LogP) is 6.24. The molecule has 0 radical (unpaired) electrons. The highest BCUT2D eigenvalue weighted by atomic mass is 32.2. The summed E-state index contributed by atoms with van der Waals surface area (Å²) in [5, 5.41) is -0.914. The molecule has 242 valence electrons. The number of aryl methyl sites for hydroxylation is 1. The Bertz CT molecular complexity index is 1650. The maximum atomic E-state index is 14.9. The summed E-state index contributed by atoms with van der Waals surface area (Å²) in [5.74, 6) is -1.00. The first-order valence-corrected chi connectivity index (χ1v) is 17.6. The van der Waals surface area contributed by atoms with E-state index < -0.39 is 65.1 Å². The number of halogens is 8. The minimum atomic E-state index is -6.37. The monoisotopic (exact) mass is 691 g/mol. The SMILES string of the molecule is O=C(SC1CCS(=O)(=O)CC1)N1CC[C@]2(S(=O)(=O)c3ccc(F)cc3)c3ccc(C(F)(C(F)(F)F)C(F)(F)F)cc3CC[C@H]12. The summed E-state index contributed by atoms with van der Waals surface area (Å²) in [7, 11) is -7.83. The van der Waals surface area contributed by atoms with Crippen molar-refractivity contribution in [2.24, 2.45) is 0 Å². The van der Waals surface area contributed by atoms with Crippen LogP contribution in [0.4, 0.5) is 39.9 Å². The van der Waals surface area contributed by atoms with Crippen molar-refractivity contribution in [3.63, 3.8) is 0 Å². The van der Waals surface area contributed by atoms with Gasteiger partial charge in [-0.2, -0.15) is 26.3 Å². The average Bonchev–Trinajstić information content (AvgIpc) is 3.34. The van der Waals surface area contributed by atoms with Crippen LogP contribution in [-0.4, -0.2) is 68.7 Å². The van der Waals surface area contributed by atoms with Crippen LogP contribution >= 0.6 is 11.8 Å². The third kappa shape index (κ3) is 5.19. The fourth-order valence-electron chi connectivity index (χ4n) is 6.47. The topological polar surface area (TPSA) is 88.6 Å². The summed E-state index contributed by atoms with van der Waals surface area (Å²) >= 11 is 0.853. The molecule has 0 bridgehead atoms. The Morgan fingerprint density at radius 2 is 1.50 bits per heavy atom. The zero-order valence-corrected chi connectivity index (χ0v) is 25.0. The largest absolute Gasteiger partial charge is 0.435 e. The molecule has 2 heterocycles. The van der Waals surface area contributed by atoms with Crippen LogP contribution in [0.15, 0.2) is 47.4 Å². The number of fused-ring (bicyclic) bond motifs is 3. The van der Waals surface area contributed by atoms with E-state index >= 15 is 0 Å². The van der Waals surface area contributed by atoms with E-state index in [1.54, 1.807) is 0 Å². The number of rotatable bonds is 4. The number of hydrogen-bond acceptors (Lipinski definition) is 6. The normalized spacial score (nSPS) is 24.5. The molecule has 44 heavy (non-hydrogen) atoms. The van der Waals surface area contributed by atoms with Crippen molar-refractivity contribution in [1.82, 2.24) is 4.90 Å². The van der Waals surface area contributed by atoms with Gasteiger partial charge in [0.05, 0.1) is 22.4 Å². The number of carbonyl (C=O) groups excluding carboxylic acids is 1. The average molecular weight is 692 g/mol. The van der Waals surface area contributed by atoms with Crippen LogP contribution in [-0.2, 0) is 36.5 Å². The van der Waals surface area contributed by atoms with Crippen LogP contribution in [0.25, 0.3) is 0 Å². The van der Waals surface area contributed by atoms with Crippen molar-refractivity contribution in [3.8, 4) is 0 Å². The molecular weight excluding hydrogens is 666 g/mol. The van der Waals surface area contributed by atoms with Gasteiger partial charge >= 0.3 is 18.0 Å². The second kappa shape index (κ2) is 10.9. The van der Waals surface area contributed by atoms with Crippen LogP contribution in [0.2, 0.25) is 0 Å². The first-order chi connectivity index (χ1) is 20.2. The maximum Gasteiger partial charge on any atom is 0.435 e. The van der Waals surface area contributed by atoms with E-state index in [0.29, 0.717) is 6.07 Å². The van der Waals surface area contributed by atoms with Crippen LogP contribution in [0.1, 0.15) is 42.4 Å². The number of benzene rings is 2. The first kappa shape index (κ1) is 33.0. The summed E-state index contributed by atoms with van der Waals surface area (Å²) in [6, 6.07) is 3.98. The molecule has 2 atom stereocenters. The quantitative estimate of drug-likeness (QED) is 0.279. The van der Waals surface area contributed by atoms with E-state index in [-0.39, 0.29) is 77.5 Å². The minimum Gasteiger partial charge on any atom is -0.329 e. The standard InChI is InChI=1S/C27H25F8NO5S3/c28-18-3-5-20(6-4-18)44(40,41)24-11-12-36(23(37)42-19-9-13-43(38,39)14-10-19)22(24)8-1-16-15-17(2-7-21(16)24)25(29,26(30,31)32)27(33,34)35/h2-7,15,19,22H,1,8-14H2/t22-,24-/m0/s1. The molecular formula is C27H25F8NO5S3. The molecule has 1 aliphatic carbocycles. The number of hydrogen-bond donors (Lipinski definition) is 0. The molecule has 2 aromatic carbocycles. The maximum absolute atomic E-state index is 14.9. The first-order valence-electron chi connectivity index (χ1n) is 13.4. The number of carbonyl (C=O) groups is 1. The number of thioether (sulfide) groups is 1. The van der Waals surface area contributed by atoms with E-state index in [9.17, 15) is 56.8 Å². The van der Waals surface area contributed by atoms with E-state index in [0.717, 1.165) is 42.1 Å². The lowest BCUT2D eigenvalue weighted by molar-refractivity contribution is -0.348. The van der Waals surface area contributed by atoms with Crippen molar-refractivity contribution in [1.29, 1.82) is 0 Å². The molecule has 0 aromatic heterocycles. The van der Waals surface area contributed by atoms with Crippen LogP contribution < -0.4 is 0 Å². The molecule has 2 aromatic rings. The van der Waals surface area contributed by atoms with Crippen LogP contribution in [0, 0.1) is 5.82 Å². The van der Waals surface area contributed by atoms with Gasteiger partial charge in [-0.05, 0) is 67.5 Å². The van der Waals surface area contributed by atoms with Gasteiger partial charge in [-0.1, -0.05) is 30.0 Å². The third-order valence-electron chi connectivity index (χ3n) is 8.67. The van der Waals surface area contributed by atoms with Gasteiger partial charge < -0.3 is 4.90 Å². The molecule has 2 saturated heterocycles. The lowest BCUT2D eigenvalue weighted by Gasteiger charge is -2.43. The van der Waals surface area contributed by atoms with E-state index in [4.69, 9.17) is 0 Å². The predicted molar refractivity (Wildman–Crippen MR) is 145 cm³/mol. The Balaban J connectivity index is 1.60. The van der Waals surface area contributed by atoms with Gasteiger partial charge in [-0.3, -0.25) is 4.79 Å². The molecule has 2 aliphatic heterocycles. The molecule has 17 heteroatoms. The summed E-state index contributed by atoms with van der Waals surface area (Å²) in [6.07, 6.45) is -13.1. The molecule has 6 nitrogen and oxygen atoms in total. The Morgan fingerprint density at radius 1 is 0.909 bits per heavy atom. The number of nitrogens with zero attached hydrogens (tertiary/aromatic N) is 1. The zero-order valence-electron chi connectivity index (χ0n) is 22.6. The minimum absolute atomic E-state index is 0.119. The Kier molecular flexibility index (Phi) is 8.13. The van der Waals surface area contributed by atoms with Gasteiger partial charge in [0, 0.05) is 17.4 Å². The lowest BCUT2D eigenvalue weighted by atomic mass is 9.77. The molecule has 3 aliphatic rings. The number of likely N-dealkylation sites (tertiary alicyclic amines) is 1. The summed E-state index contributed by atoms with van der Waals surface area (Å²) in [6.45, 7) is -0.152. The second-order valence-electron chi connectivity index (χ2n) is 11.1. The van der Waals surface area contributed by atoms with Gasteiger partial charge in [-0.25, -0.2) is 25.6 Å². The Morgan fingerprint density at radius 3 is 2.07 bits per heavy atom. The van der Waals surface area contributed by atoms with Crippen molar-refractivity contribution in [2.75, 3.05) is 18.1 Å². The molecule has 0 saturated carbocycles. The molecule has 0 N–H and O–H groups in total. The Labute approximate surface area is 252 Å². The van der Waals surface area contributed by atoms with Crippen molar-refractivity contribution in [2.45, 2.75) is 71.1 Å². The Hall–Kier alpha value is -2.40. The van der Waals surface area contributed by atoms with Gasteiger partial charge in [-0.15, -0.1) is 0 Å². The number of sulfone groups is 2. The lowest BCUT2D eigenvalue weighted by Crippen LogP contribution is -2.52. The van der Waals surface area contributed by atoms with Crippen molar-refractivity contribution in [3.05, 3.63) is 65.0 Å². The highest BCUT2D eigenvalue weighted by molar-refractivity contribution is 8.14. The highest BCUT2D eigenvalue weighted by Gasteiger charge is 2.74. The fourth-order valence-corrected chi connectivity index (χ4v) is 11.7. The second-order valence-corrected chi connectivity index (χ2v) is 16.9. The molecule has 2 fully saturated rings. The fraction of sp³-hybridized carbons (Fsp3) is 0.519. The smallest absolute Gasteiger partial charge is 0.329 e.